The number of ether oxygens (including phenoxy) is 1. The van der Waals surface area contributed by atoms with Crippen LogP contribution in [0.15, 0.2) is 48.5 Å². The Morgan fingerprint density at radius 3 is 2.52 bits per heavy atom. The largest absolute Gasteiger partial charge is 0.496 e. The molecule has 0 aliphatic heterocycles. The summed E-state index contributed by atoms with van der Waals surface area (Å²) >= 11 is 0. The molecule has 4 heteroatoms. The third-order valence-electron chi connectivity index (χ3n) is 3.42. The van der Waals surface area contributed by atoms with Gasteiger partial charge in [-0.2, -0.15) is 0 Å². The lowest BCUT2D eigenvalue weighted by atomic mass is 10.0. The summed E-state index contributed by atoms with van der Waals surface area (Å²) in [5.74, 6) is 0.426. The van der Waals surface area contributed by atoms with E-state index < -0.39 is 0 Å². The number of hydrogen-bond acceptors (Lipinski definition) is 3. The summed E-state index contributed by atoms with van der Waals surface area (Å²) in [5, 5.41) is 3.08. The molecule has 4 nitrogen and oxygen atoms in total. The number of amides is 1. The number of benzene rings is 2. The van der Waals surface area contributed by atoms with E-state index in [-0.39, 0.29) is 11.9 Å². The van der Waals surface area contributed by atoms with E-state index >= 15 is 0 Å². The zero-order chi connectivity index (χ0) is 15.2. The molecule has 0 bridgehead atoms. The third kappa shape index (κ3) is 3.83. The molecule has 1 unspecified atom stereocenters. The van der Waals surface area contributed by atoms with E-state index in [1.165, 1.54) is 0 Å². The van der Waals surface area contributed by atoms with E-state index in [0.717, 1.165) is 22.4 Å². The Balaban J connectivity index is 2.19. The van der Waals surface area contributed by atoms with Crippen LogP contribution < -0.4 is 15.8 Å². The third-order valence-corrected chi connectivity index (χ3v) is 3.42. The first kappa shape index (κ1) is 15.1. The molecule has 0 saturated heterocycles. The molecule has 0 aliphatic rings. The molecule has 0 fully saturated rings. The molecular formula is C17H20N2O2. The predicted molar refractivity (Wildman–Crippen MR) is 83.9 cm³/mol. The minimum absolute atomic E-state index is 0.366. The zero-order valence-corrected chi connectivity index (χ0v) is 12.3. The first-order valence-corrected chi connectivity index (χ1v) is 6.87. The molecular weight excluding hydrogens is 264 g/mol. The maximum atomic E-state index is 11.0. The van der Waals surface area contributed by atoms with Crippen LogP contribution in [0, 0.1) is 0 Å². The quantitative estimate of drug-likeness (QED) is 0.855. The van der Waals surface area contributed by atoms with E-state index in [0.29, 0.717) is 6.54 Å². The number of methoxy groups -OCH3 is 1. The predicted octanol–water partition coefficient (Wildman–Crippen LogP) is 2.33. The van der Waals surface area contributed by atoms with Crippen molar-refractivity contribution in [3.8, 4) is 16.9 Å². The number of nitrogens with one attached hydrogen (secondary N) is 1. The van der Waals surface area contributed by atoms with Gasteiger partial charge in [0, 0.05) is 12.1 Å². The molecule has 21 heavy (non-hydrogen) atoms. The molecule has 1 amide bonds. The second kappa shape index (κ2) is 6.90. The van der Waals surface area contributed by atoms with E-state index in [2.05, 4.69) is 17.4 Å². The summed E-state index contributed by atoms with van der Waals surface area (Å²) in [4.78, 5) is 11.0. The minimum atomic E-state index is -0.372. The molecule has 0 saturated carbocycles. The highest BCUT2D eigenvalue weighted by Gasteiger charge is 2.10. The molecule has 0 spiro atoms. The lowest BCUT2D eigenvalue weighted by Crippen LogP contribution is -2.38. The maximum Gasteiger partial charge on any atom is 0.234 e. The summed E-state index contributed by atoms with van der Waals surface area (Å²) in [6.45, 7) is 2.27. The van der Waals surface area contributed by atoms with Crippen LogP contribution in [0.5, 0.6) is 5.75 Å². The number of nitrogens with two attached hydrogens (primary N) is 1. The molecule has 2 rings (SSSR count). The lowest BCUT2D eigenvalue weighted by molar-refractivity contribution is -0.119. The molecule has 2 aromatic carbocycles. The van der Waals surface area contributed by atoms with Gasteiger partial charge in [-0.3, -0.25) is 4.79 Å². The van der Waals surface area contributed by atoms with Crippen LogP contribution in [-0.2, 0) is 11.3 Å². The lowest BCUT2D eigenvalue weighted by Gasteiger charge is -2.14. The first-order chi connectivity index (χ1) is 10.1. The highest BCUT2D eigenvalue weighted by molar-refractivity contribution is 5.79. The van der Waals surface area contributed by atoms with Gasteiger partial charge in [-0.15, -0.1) is 0 Å². The summed E-state index contributed by atoms with van der Waals surface area (Å²) < 4.78 is 5.44. The topological polar surface area (TPSA) is 64.3 Å². The van der Waals surface area contributed by atoms with Gasteiger partial charge in [-0.1, -0.05) is 42.5 Å². The average Bonchev–Trinajstić information content (AvgIpc) is 2.53. The van der Waals surface area contributed by atoms with E-state index in [1.54, 1.807) is 14.0 Å². The molecule has 1 atom stereocenters. The second-order valence-electron chi connectivity index (χ2n) is 4.90. The minimum Gasteiger partial charge on any atom is -0.496 e. The monoisotopic (exact) mass is 284 g/mol. The van der Waals surface area contributed by atoms with Crippen molar-refractivity contribution in [2.75, 3.05) is 7.11 Å². The Labute approximate surface area is 124 Å². The number of carbonyl (C=O) groups excluding carboxylic acids is 1. The molecule has 0 aromatic heterocycles. The fourth-order valence-electron chi connectivity index (χ4n) is 2.06. The average molecular weight is 284 g/mol. The molecule has 3 N–H and O–H groups in total. The van der Waals surface area contributed by atoms with Crippen molar-refractivity contribution in [2.24, 2.45) is 5.73 Å². The first-order valence-electron chi connectivity index (χ1n) is 6.87. The van der Waals surface area contributed by atoms with Crippen molar-refractivity contribution in [3.05, 3.63) is 54.1 Å². The molecule has 2 aromatic rings. The number of primary amides is 1. The van der Waals surface area contributed by atoms with Crippen molar-refractivity contribution in [2.45, 2.75) is 19.5 Å². The Hall–Kier alpha value is -2.33. The van der Waals surface area contributed by atoms with Crippen LogP contribution in [0.4, 0.5) is 0 Å². The standard InChI is InChI=1S/C17H20N2O2/c1-12(17(18)20)19-11-15-9-8-14(10-16(15)21-2)13-6-4-3-5-7-13/h3-10,12,19H,11H2,1-2H3,(H2,18,20). The van der Waals surface area contributed by atoms with Gasteiger partial charge in [0.1, 0.15) is 5.75 Å². The van der Waals surface area contributed by atoms with Gasteiger partial charge in [-0.05, 0) is 24.1 Å². The highest BCUT2D eigenvalue weighted by Crippen LogP contribution is 2.27. The SMILES string of the molecule is COc1cc(-c2ccccc2)ccc1CNC(C)C(N)=O. The smallest absolute Gasteiger partial charge is 0.234 e. The summed E-state index contributed by atoms with van der Waals surface area (Å²) in [7, 11) is 1.64. The van der Waals surface area contributed by atoms with Crippen LogP contribution in [0.3, 0.4) is 0 Å². The van der Waals surface area contributed by atoms with Gasteiger partial charge in [0.2, 0.25) is 5.91 Å². The maximum absolute atomic E-state index is 11.0. The van der Waals surface area contributed by atoms with Crippen LogP contribution in [-0.4, -0.2) is 19.1 Å². The van der Waals surface area contributed by atoms with Gasteiger partial charge in [0.05, 0.1) is 13.2 Å². The van der Waals surface area contributed by atoms with Gasteiger partial charge in [0.15, 0.2) is 0 Å². The summed E-state index contributed by atoms with van der Waals surface area (Å²) in [6.07, 6.45) is 0. The van der Waals surface area contributed by atoms with Crippen molar-refractivity contribution >= 4 is 5.91 Å². The fraction of sp³-hybridized carbons (Fsp3) is 0.235. The second-order valence-corrected chi connectivity index (χ2v) is 4.90. The molecule has 0 radical (unpaired) electrons. The van der Waals surface area contributed by atoms with Crippen LogP contribution in [0.1, 0.15) is 12.5 Å². The van der Waals surface area contributed by atoms with Gasteiger partial charge in [-0.25, -0.2) is 0 Å². The van der Waals surface area contributed by atoms with E-state index in [9.17, 15) is 4.79 Å². The van der Waals surface area contributed by atoms with E-state index in [1.807, 2.05) is 36.4 Å². The Kier molecular flexibility index (Phi) is 4.95. The summed E-state index contributed by atoms with van der Waals surface area (Å²) in [5.41, 5.74) is 8.47. The number of carbonyl (C=O) groups is 1. The van der Waals surface area contributed by atoms with Crippen molar-refractivity contribution in [3.63, 3.8) is 0 Å². The van der Waals surface area contributed by atoms with Crippen LogP contribution in [0.2, 0.25) is 0 Å². The molecule has 0 aliphatic carbocycles. The van der Waals surface area contributed by atoms with Crippen LogP contribution in [0.25, 0.3) is 11.1 Å². The normalized spacial score (nSPS) is 11.9. The van der Waals surface area contributed by atoms with Gasteiger partial charge < -0.3 is 15.8 Å². The molecule has 110 valence electrons. The number of rotatable bonds is 6. The zero-order valence-electron chi connectivity index (χ0n) is 12.3. The Morgan fingerprint density at radius 1 is 1.19 bits per heavy atom. The van der Waals surface area contributed by atoms with Crippen molar-refractivity contribution in [1.82, 2.24) is 5.32 Å². The summed E-state index contributed by atoms with van der Waals surface area (Å²) in [6, 6.07) is 15.8. The van der Waals surface area contributed by atoms with Crippen LogP contribution >= 0.6 is 0 Å². The molecule has 0 heterocycles. The van der Waals surface area contributed by atoms with Crippen molar-refractivity contribution in [1.29, 1.82) is 0 Å². The van der Waals surface area contributed by atoms with Gasteiger partial charge in [0.25, 0.3) is 0 Å². The van der Waals surface area contributed by atoms with Crippen molar-refractivity contribution < 1.29 is 9.53 Å². The fourth-order valence-corrected chi connectivity index (χ4v) is 2.06. The Morgan fingerprint density at radius 2 is 1.90 bits per heavy atom. The van der Waals surface area contributed by atoms with Gasteiger partial charge >= 0.3 is 0 Å². The highest BCUT2D eigenvalue weighted by atomic mass is 16.5. The van der Waals surface area contributed by atoms with E-state index in [4.69, 9.17) is 10.5 Å². The number of hydrogen-bond donors (Lipinski definition) is 2. The Bertz CT molecular complexity index is 611.